The number of hydrogen-bond acceptors (Lipinski definition) is 4. The van der Waals surface area contributed by atoms with Gasteiger partial charge in [-0.25, -0.2) is 4.98 Å². The van der Waals surface area contributed by atoms with Crippen molar-refractivity contribution in [1.82, 2.24) is 9.55 Å². The zero-order chi connectivity index (χ0) is 11.8. The summed E-state index contributed by atoms with van der Waals surface area (Å²) in [6.07, 6.45) is 5.83. The van der Waals surface area contributed by atoms with Crippen LogP contribution >= 0.6 is 0 Å². The first-order valence-electron chi connectivity index (χ1n) is 5.69. The number of aromatic nitrogens is 2. The van der Waals surface area contributed by atoms with Gasteiger partial charge in [0.05, 0.1) is 0 Å². The zero-order valence-electron chi connectivity index (χ0n) is 9.65. The second-order valence-electron chi connectivity index (χ2n) is 3.63. The van der Waals surface area contributed by atoms with E-state index >= 15 is 0 Å². The molecule has 0 spiro atoms. The minimum Gasteiger partial charge on any atom is -0.396 e. The molecular formula is C11H19N3O2. The Morgan fingerprint density at radius 3 is 3.00 bits per heavy atom. The van der Waals surface area contributed by atoms with Crippen LogP contribution < -0.4 is 10.9 Å². The van der Waals surface area contributed by atoms with Crippen molar-refractivity contribution in [2.75, 3.05) is 18.5 Å². The first-order chi connectivity index (χ1) is 7.79. The van der Waals surface area contributed by atoms with Crippen LogP contribution in [0.1, 0.15) is 26.2 Å². The Morgan fingerprint density at radius 1 is 1.50 bits per heavy atom. The Labute approximate surface area is 95.1 Å². The molecule has 1 heterocycles. The average Bonchev–Trinajstić information content (AvgIpc) is 2.29. The lowest BCUT2D eigenvalue weighted by atomic mass is 10.3. The summed E-state index contributed by atoms with van der Waals surface area (Å²) in [5.41, 5.74) is -0.0756. The van der Waals surface area contributed by atoms with Crippen molar-refractivity contribution in [1.29, 1.82) is 0 Å². The summed E-state index contributed by atoms with van der Waals surface area (Å²) in [5, 5.41) is 11.6. The molecule has 0 atom stereocenters. The monoisotopic (exact) mass is 225 g/mol. The maximum absolute atomic E-state index is 11.8. The largest absolute Gasteiger partial charge is 0.396 e. The van der Waals surface area contributed by atoms with Crippen LogP contribution in [0.25, 0.3) is 0 Å². The summed E-state index contributed by atoms with van der Waals surface area (Å²) >= 11 is 0. The van der Waals surface area contributed by atoms with E-state index in [2.05, 4.69) is 10.3 Å². The van der Waals surface area contributed by atoms with E-state index in [-0.39, 0.29) is 12.2 Å². The third-order valence-corrected chi connectivity index (χ3v) is 2.26. The van der Waals surface area contributed by atoms with Crippen LogP contribution in [-0.2, 0) is 6.54 Å². The molecule has 0 radical (unpaired) electrons. The third kappa shape index (κ3) is 3.66. The highest BCUT2D eigenvalue weighted by atomic mass is 16.2. The molecule has 0 amide bonds. The van der Waals surface area contributed by atoms with Crippen LogP contribution in [0.4, 0.5) is 5.82 Å². The van der Waals surface area contributed by atoms with E-state index in [4.69, 9.17) is 5.11 Å². The Hall–Kier alpha value is -1.36. The Kier molecular flexibility index (Phi) is 5.56. The lowest BCUT2D eigenvalue weighted by Gasteiger charge is -2.07. The molecule has 0 aliphatic heterocycles. The van der Waals surface area contributed by atoms with E-state index < -0.39 is 0 Å². The van der Waals surface area contributed by atoms with E-state index in [1.165, 1.54) is 0 Å². The highest BCUT2D eigenvalue weighted by molar-refractivity contribution is 5.30. The average molecular weight is 225 g/mol. The fourth-order valence-electron chi connectivity index (χ4n) is 1.43. The van der Waals surface area contributed by atoms with Crippen LogP contribution in [0.15, 0.2) is 17.2 Å². The van der Waals surface area contributed by atoms with E-state index in [0.717, 1.165) is 19.3 Å². The van der Waals surface area contributed by atoms with Gasteiger partial charge in [-0.15, -0.1) is 0 Å². The predicted octanol–water partition coefficient (Wildman–Crippen LogP) is 0.838. The Bertz CT molecular complexity index is 362. The van der Waals surface area contributed by atoms with Crippen molar-refractivity contribution < 1.29 is 5.11 Å². The molecule has 5 nitrogen and oxygen atoms in total. The quantitative estimate of drug-likeness (QED) is 0.675. The van der Waals surface area contributed by atoms with E-state index in [9.17, 15) is 4.79 Å². The maximum Gasteiger partial charge on any atom is 0.293 e. The van der Waals surface area contributed by atoms with Gasteiger partial charge in [-0.05, 0) is 19.3 Å². The smallest absolute Gasteiger partial charge is 0.293 e. The molecular weight excluding hydrogens is 206 g/mol. The molecule has 0 aliphatic carbocycles. The van der Waals surface area contributed by atoms with Crippen LogP contribution in [0, 0.1) is 0 Å². The number of aryl methyl sites for hydroxylation is 1. The fourth-order valence-corrected chi connectivity index (χ4v) is 1.43. The first-order valence-corrected chi connectivity index (χ1v) is 5.69. The van der Waals surface area contributed by atoms with Crippen LogP contribution in [0.2, 0.25) is 0 Å². The highest BCUT2D eigenvalue weighted by Gasteiger charge is 2.02. The molecule has 0 unspecified atom stereocenters. The summed E-state index contributed by atoms with van der Waals surface area (Å²) in [6, 6.07) is 0. The van der Waals surface area contributed by atoms with Crippen molar-refractivity contribution >= 4 is 5.82 Å². The number of anilines is 1. The number of rotatable bonds is 7. The molecule has 16 heavy (non-hydrogen) atoms. The van der Waals surface area contributed by atoms with Gasteiger partial charge in [0.25, 0.3) is 5.56 Å². The zero-order valence-corrected chi connectivity index (χ0v) is 9.65. The summed E-state index contributed by atoms with van der Waals surface area (Å²) < 4.78 is 1.65. The van der Waals surface area contributed by atoms with Gasteiger partial charge in [-0.2, -0.15) is 0 Å². The Morgan fingerprint density at radius 2 is 2.31 bits per heavy atom. The number of nitrogens with zero attached hydrogens (tertiary/aromatic N) is 2. The van der Waals surface area contributed by atoms with E-state index in [1.54, 1.807) is 17.0 Å². The summed E-state index contributed by atoms with van der Waals surface area (Å²) in [6.45, 7) is 3.59. The van der Waals surface area contributed by atoms with Crippen molar-refractivity contribution in [3.05, 3.63) is 22.7 Å². The molecule has 2 N–H and O–H groups in total. The van der Waals surface area contributed by atoms with Crippen molar-refractivity contribution in [2.24, 2.45) is 0 Å². The van der Waals surface area contributed by atoms with Crippen molar-refractivity contribution in [2.45, 2.75) is 32.7 Å². The van der Waals surface area contributed by atoms with Gasteiger partial charge < -0.3 is 15.0 Å². The van der Waals surface area contributed by atoms with Gasteiger partial charge >= 0.3 is 0 Å². The van der Waals surface area contributed by atoms with Gasteiger partial charge in [0.15, 0.2) is 5.82 Å². The topological polar surface area (TPSA) is 67.2 Å². The van der Waals surface area contributed by atoms with Gasteiger partial charge in [-0.1, -0.05) is 6.92 Å². The maximum atomic E-state index is 11.8. The van der Waals surface area contributed by atoms with Gasteiger partial charge in [0.1, 0.15) is 0 Å². The summed E-state index contributed by atoms with van der Waals surface area (Å²) in [4.78, 5) is 15.8. The number of unbranched alkanes of at least 4 members (excludes halogenated alkanes) is 1. The lowest BCUT2D eigenvalue weighted by Crippen LogP contribution is -2.24. The molecule has 0 saturated heterocycles. The van der Waals surface area contributed by atoms with E-state index in [0.29, 0.717) is 18.9 Å². The minimum absolute atomic E-state index is 0.0756. The Balaban J connectivity index is 2.59. The normalized spacial score (nSPS) is 10.4. The molecule has 0 fully saturated rings. The third-order valence-electron chi connectivity index (χ3n) is 2.26. The molecule has 1 rings (SSSR count). The molecule has 0 bridgehead atoms. The molecule has 1 aromatic rings. The molecule has 90 valence electrons. The van der Waals surface area contributed by atoms with Gasteiger partial charge in [0.2, 0.25) is 0 Å². The number of aliphatic hydroxyl groups is 1. The molecule has 0 saturated carbocycles. The number of hydrogen-bond donors (Lipinski definition) is 2. The number of nitrogens with one attached hydrogen (secondary N) is 1. The van der Waals surface area contributed by atoms with Crippen molar-refractivity contribution in [3.8, 4) is 0 Å². The first kappa shape index (κ1) is 12.7. The van der Waals surface area contributed by atoms with Crippen LogP contribution in [0.5, 0.6) is 0 Å². The van der Waals surface area contributed by atoms with Crippen LogP contribution in [0.3, 0.4) is 0 Å². The number of aliphatic hydroxyl groups excluding tert-OH is 1. The molecule has 5 heteroatoms. The van der Waals surface area contributed by atoms with Gasteiger partial charge in [-0.3, -0.25) is 4.79 Å². The second-order valence-corrected chi connectivity index (χ2v) is 3.63. The van der Waals surface area contributed by atoms with Crippen LogP contribution in [-0.4, -0.2) is 27.8 Å². The lowest BCUT2D eigenvalue weighted by molar-refractivity contribution is 0.286. The highest BCUT2D eigenvalue weighted by Crippen LogP contribution is 1.95. The summed E-state index contributed by atoms with van der Waals surface area (Å²) in [7, 11) is 0. The van der Waals surface area contributed by atoms with E-state index in [1.807, 2.05) is 6.92 Å². The molecule has 1 aromatic heterocycles. The molecule has 0 aromatic carbocycles. The second kappa shape index (κ2) is 7.00. The minimum atomic E-state index is -0.0756. The summed E-state index contributed by atoms with van der Waals surface area (Å²) in [5.74, 6) is 0.397. The predicted molar refractivity (Wildman–Crippen MR) is 63.6 cm³/mol. The standard InChI is InChI=1S/C11H19N3O2/c1-2-7-14-8-6-13-10(11(14)16)12-5-3-4-9-15/h6,8,15H,2-5,7,9H2,1H3,(H,12,13). The van der Waals surface area contributed by atoms with Gasteiger partial charge in [0, 0.05) is 32.1 Å². The SMILES string of the molecule is CCCn1ccnc(NCCCCO)c1=O. The molecule has 0 aliphatic rings. The van der Waals surface area contributed by atoms with Crippen molar-refractivity contribution in [3.63, 3.8) is 0 Å². The fraction of sp³-hybridized carbons (Fsp3) is 0.636.